The molecule has 6 nitrogen and oxygen atoms in total. The quantitative estimate of drug-likeness (QED) is 0.624. The second-order valence-electron chi connectivity index (χ2n) is 5.44. The van der Waals surface area contributed by atoms with E-state index >= 15 is 0 Å². The first kappa shape index (κ1) is 24.3. The molecule has 0 saturated carbocycles. The maximum Gasteiger partial charge on any atom is 0.512 e. The summed E-state index contributed by atoms with van der Waals surface area (Å²) in [6.07, 6.45) is -10.3. The van der Waals surface area contributed by atoms with Crippen molar-refractivity contribution in [3.8, 4) is 0 Å². The SMILES string of the molecule is CC(C)(O)CCN(S(=O)(=O)C(F)(F)F)S(=O)(=O)C(F)(F)CC(F)(F)F. The molecule has 0 aromatic rings. The second-order valence-corrected chi connectivity index (χ2v) is 9.52. The van der Waals surface area contributed by atoms with E-state index in [0.717, 1.165) is 13.8 Å². The number of alkyl halides is 8. The monoisotopic (exact) mass is 431 g/mol. The van der Waals surface area contributed by atoms with Crippen LogP contribution in [0.15, 0.2) is 0 Å². The van der Waals surface area contributed by atoms with Crippen LogP contribution >= 0.6 is 0 Å². The van der Waals surface area contributed by atoms with Crippen LogP contribution in [-0.2, 0) is 20.0 Å². The summed E-state index contributed by atoms with van der Waals surface area (Å²) in [6.45, 7) is -0.0845. The van der Waals surface area contributed by atoms with Gasteiger partial charge in [-0.1, -0.05) is 3.71 Å². The van der Waals surface area contributed by atoms with E-state index in [1.807, 2.05) is 0 Å². The van der Waals surface area contributed by atoms with Gasteiger partial charge in [0.25, 0.3) is 10.0 Å². The van der Waals surface area contributed by atoms with Crippen molar-refractivity contribution in [1.29, 1.82) is 0 Å². The Hall–Kier alpha value is -0.740. The Morgan fingerprint density at radius 2 is 1.24 bits per heavy atom. The Morgan fingerprint density at radius 3 is 1.52 bits per heavy atom. The number of aliphatic hydroxyl groups is 1. The van der Waals surface area contributed by atoms with Gasteiger partial charge < -0.3 is 5.11 Å². The molecule has 0 aromatic carbocycles. The Bertz CT molecular complexity index is 674. The van der Waals surface area contributed by atoms with Crippen molar-refractivity contribution in [3.05, 3.63) is 0 Å². The Balaban J connectivity index is 6.23. The fourth-order valence-electron chi connectivity index (χ4n) is 1.32. The van der Waals surface area contributed by atoms with E-state index in [-0.39, 0.29) is 0 Å². The molecule has 0 aromatic heterocycles. The molecule has 0 spiro atoms. The van der Waals surface area contributed by atoms with E-state index < -0.39 is 65.7 Å². The maximum atomic E-state index is 13.4. The summed E-state index contributed by atoms with van der Waals surface area (Å²) in [5.74, 6) is 0. The van der Waals surface area contributed by atoms with Crippen LogP contribution in [0, 0.1) is 0 Å². The molecule has 25 heavy (non-hydrogen) atoms. The van der Waals surface area contributed by atoms with Crippen molar-refractivity contribution >= 4 is 20.0 Å². The molecular weight excluding hydrogens is 418 g/mol. The smallest absolute Gasteiger partial charge is 0.390 e. The molecule has 0 unspecified atom stereocenters. The average Bonchev–Trinajstić information content (AvgIpc) is 2.20. The minimum atomic E-state index is -6.97. The third-order valence-corrected chi connectivity index (χ3v) is 6.62. The number of halogens is 8. The number of hydrogen-bond donors (Lipinski definition) is 1. The van der Waals surface area contributed by atoms with Crippen LogP contribution in [0.4, 0.5) is 35.1 Å². The molecule has 0 atom stereocenters. The van der Waals surface area contributed by atoms with Crippen molar-refractivity contribution in [1.82, 2.24) is 3.71 Å². The third kappa shape index (κ3) is 6.18. The zero-order valence-electron chi connectivity index (χ0n) is 12.5. The number of hydrogen-bond acceptors (Lipinski definition) is 5. The lowest BCUT2D eigenvalue weighted by Gasteiger charge is -2.29. The fourth-order valence-corrected chi connectivity index (χ4v) is 4.48. The Labute approximate surface area is 137 Å². The zero-order chi connectivity index (χ0) is 20.7. The highest BCUT2D eigenvalue weighted by Gasteiger charge is 2.63. The van der Waals surface area contributed by atoms with Gasteiger partial charge in [0.1, 0.15) is 6.42 Å². The van der Waals surface area contributed by atoms with Crippen LogP contribution in [0.2, 0.25) is 0 Å². The molecule has 0 aliphatic heterocycles. The largest absolute Gasteiger partial charge is 0.512 e. The van der Waals surface area contributed by atoms with Crippen LogP contribution in [-0.4, -0.2) is 54.7 Å². The topological polar surface area (TPSA) is 91.8 Å². The van der Waals surface area contributed by atoms with E-state index in [2.05, 4.69) is 0 Å². The summed E-state index contributed by atoms with van der Waals surface area (Å²) < 4.78 is 145. The lowest BCUT2D eigenvalue weighted by Crippen LogP contribution is -2.52. The minimum absolute atomic E-state index is 0.881. The third-order valence-electron chi connectivity index (χ3n) is 2.52. The van der Waals surface area contributed by atoms with Crippen LogP contribution in [0.3, 0.4) is 0 Å². The highest BCUT2D eigenvalue weighted by Crippen LogP contribution is 2.40. The molecule has 0 bridgehead atoms. The van der Waals surface area contributed by atoms with Gasteiger partial charge >= 0.3 is 27.0 Å². The predicted molar refractivity (Wildman–Crippen MR) is 67.1 cm³/mol. The van der Waals surface area contributed by atoms with E-state index in [0.29, 0.717) is 0 Å². The van der Waals surface area contributed by atoms with Gasteiger partial charge in [-0.2, -0.15) is 35.1 Å². The van der Waals surface area contributed by atoms with Gasteiger partial charge in [-0.05, 0) is 20.3 Å². The van der Waals surface area contributed by atoms with Crippen LogP contribution in [0.5, 0.6) is 0 Å². The molecule has 0 fully saturated rings. The Morgan fingerprint density at radius 1 is 0.840 bits per heavy atom. The van der Waals surface area contributed by atoms with Gasteiger partial charge in [0.15, 0.2) is 0 Å². The van der Waals surface area contributed by atoms with Crippen LogP contribution in [0.25, 0.3) is 0 Å². The minimum Gasteiger partial charge on any atom is -0.390 e. The normalized spacial score (nSPS) is 15.7. The van der Waals surface area contributed by atoms with Crippen molar-refractivity contribution in [3.63, 3.8) is 0 Å². The lowest BCUT2D eigenvalue weighted by atomic mass is 10.1. The van der Waals surface area contributed by atoms with Crippen LogP contribution in [0.1, 0.15) is 26.7 Å². The van der Waals surface area contributed by atoms with Gasteiger partial charge in [0.05, 0.1) is 5.60 Å². The molecule has 152 valence electrons. The summed E-state index contributed by atoms with van der Waals surface area (Å²) in [5.41, 5.74) is -8.39. The highest BCUT2D eigenvalue weighted by molar-refractivity contribution is 8.04. The molecular formula is C9H13F8NO5S2. The molecule has 16 heteroatoms. The Kier molecular flexibility index (Phi) is 6.57. The van der Waals surface area contributed by atoms with Crippen molar-refractivity contribution < 1.29 is 57.1 Å². The van der Waals surface area contributed by atoms with Crippen LogP contribution < -0.4 is 0 Å². The predicted octanol–water partition coefficient (Wildman–Crippen LogP) is 2.17. The zero-order valence-corrected chi connectivity index (χ0v) is 14.1. The van der Waals surface area contributed by atoms with Gasteiger partial charge in [-0.3, -0.25) is 0 Å². The first-order valence-electron chi connectivity index (χ1n) is 6.05. The van der Waals surface area contributed by atoms with E-state index in [9.17, 15) is 57.1 Å². The van der Waals surface area contributed by atoms with E-state index in [1.54, 1.807) is 0 Å². The van der Waals surface area contributed by atoms with E-state index in [4.69, 9.17) is 0 Å². The van der Waals surface area contributed by atoms with Gasteiger partial charge in [0.2, 0.25) is 0 Å². The summed E-state index contributed by atoms with van der Waals surface area (Å²) in [4.78, 5) is 0. The molecule has 1 N–H and O–H groups in total. The molecule has 0 rings (SSSR count). The molecule has 0 amide bonds. The van der Waals surface area contributed by atoms with E-state index in [1.165, 1.54) is 0 Å². The molecule has 0 aliphatic rings. The van der Waals surface area contributed by atoms with Gasteiger partial charge in [-0.25, -0.2) is 16.8 Å². The summed E-state index contributed by atoms with van der Waals surface area (Å²) >= 11 is 0. The summed E-state index contributed by atoms with van der Waals surface area (Å²) in [6, 6.07) is 0. The number of sulfonamides is 2. The standard InChI is InChI=1S/C9H13F8NO5S2/c1-6(2,19)3-4-18(25(22,23)9(15,16)17)24(20,21)8(13,14)5-7(10,11)12/h19H,3-5H2,1-2H3. The average molecular weight is 431 g/mol. The summed E-state index contributed by atoms with van der Waals surface area (Å²) in [7, 11) is -13.9. The molecule has 0 radical (unpaired) electrons. The lowest BCUT2D eigenvalue weighted by molar-refractivity contribution is -0.167. The first-order chi connectivity index (χ1) is 10.5. The molecule has 0 saturated heterocycles. The van der Waals surface area contributed by atoms with Gasteiger partial charge in [0, 0.05) is 6.54 Å². The van der Waals surface area contributed by atoms with Crippen molar-refractivity contribution in [2.24, 2.45) is 0 Å². The maximum absolute atomic E-state index is 13.4. The highest BCUT2D eigenvalue weighted by atomic mass is 32.3. The number of nitrogens with zero attached hydrogens (tertiary/aromatic N) is 1. The fraction of sp³-hybridized carbons (Fsp3) is 1.00. The molecule has 0 heterocycles. The first-order valence-corrected chi connectivity index (χ1v) is 8.93. The van der Waals surface area contributed by atoms with Crippen molar-refractivity contribution in [2.45, 2.75) is 49.2 Å². The molecule has 0 aliphatic carbocycles. The van der Waals surface area contributed by atoms with Crippen molar-refractivity contribution in [2.75, 3.05) is 6.54 Å². The van der Waals surface area contributed by atoms with Gasteiger partial charge in [-0.15, -0.1) is 0 Å². The number of rotatable bonds is 7. The second kappa shape index (κ2) is 6.77. The summed E-state index contributed by atoms with van der Waals surface area (Å²) in [5, 5.41) is 3.44.